The van der Waals surface area contributed by atoms with Gasteiger partial charge in [-0.2, -0.15) is 0 Å². The van der Waals surface area contributed by atoms with Crippen molar-refractivity contribution in [3.8, 4) is 0 Å². The molecule has 3 atom stereocenters. The van der Waals surface area contributed by atoms with Crippen LogP contribution in [0.1, 0.15) is 41.0 Å². The molecular formula is C13H24O3. The lowest BCUT2D eigenvalue weighted by molar-refractivity contribution is -0.148. The molecule has 1 heterocycles. The van der Waals surface area contributed by atoms with Gasteiger partial charge in [0, 0.05) is 0 Å². The normalized spacial score (nSPS) is 30.8. The molecule has 0 unspecified atom stereocenters. The molecule has 3 heteroatoms. The molecule has 1 aliphatic rings. The van der Waals surface area contributed by atoms with E-state index in [1.807, 2.05) is 0 Å². The lowest BCUT2D eigenvalue weighted by Crippen LogP contribution is -2.30. The topological polar surface area (TPSA) is 35.5 Å². The monoisotopic (exact) mass is 228 g/mol. The summed E-state index contributed by atoms with van der Waals surface area (Å²) in [5.74, 6) is 0.108. The molecule has 3 nitrogen and oxygen atoms in total. The number of ether oxygens (including phenoxy) is 2. The third-order valence-corrected chi connectivity index (χ3v) is 3.31. The maximum Gasteiger partial charge on any atom is 0.311 e. The molecule has 1 fully saturated rings. The lowest BCUT2D eigenvalue weighted by atomic mass is 9.84. The van der Waals surface area contributed by atoms with Gasteiger partial charge in [-0.25, -0.2) is 0 Å². The van der Waals surface area contributed by atoms with Crippen LogP contribution in [0, 0.1) is 17.3 Å². The van der Waals surface area contributed by atoms with Crippen molar-refractivity contribution in [3.63, 3.8) is 0 Å². The molecule has 0 amide bonds. The Morgan fingerprint density at radius 2 is 1.94 bits per heavy atom. The van der Waals surface area contributed by atoms with E-state index in [1.165, 1.54) is 7.11 Å². The Labute approximate surface area is 98.5 Å². The van der Waals surface area contributed by atoms with Gasteiger partial charge in [0.25, 0.3) is 0 Å². The van der Waals surface area contributed by atoms with Crippen LogP contribution in [-0.2, 0) is 14.3 Å². The van der Waals surface area contributed by atoms with Crippen LogP contribution in [0.15, 0.2) is 0 Å². The number of methoxy groups -OCH3 is 1. The molecule has 0 aromatic rings. The molecule has 0 bridgehead atoms. The summed E-state index contributed by atoms with van der Waals surface area (Å²) in [7, 11) is 1.45. The minimum absolute atomic E-state index is 0.00308. The number of hydrogen-bond donors (Lipinski definition) is 0. The standard InChI is InChI=1S/C13H24O3/c1-8(2)11-9(12(14)15-6)7-10(16-11)13(3,4)5/h8-11H,7H2,1-6H3/t9-,10-,11-/m0/s1. The van der Waals surface area contributed by atoms with Crippen molar-refractivity contribution in [1.82, 2.24) is 0 Å². The quantitative estimate of drug-likeness (QED) is 0.682. The fraction of sp³-hybridized carbons (Fsp3) is 0.923. The first kappa shape index (κ1) is 13.5. The van der Waals surface area contributed by atoms with E-state index in [9.17, 15) is 4.79 Å². The van der Waals surface area contributed by atoms with Crippen LogP contribution in [0.2, 0.25) is 0 Å². The second-order valence-corrected chi connectivity index (χ2v) is 6.06. The van der Waals surface area contributed by atoms with E-state index in [4.69, 9.17) is 9.47 Å². The SMILES string of the molecule is COC(=O)[C@H]1C[C@@H](C(C)(C)C)O[C@H]1C(C)C. The summed E-state index contributed by atoms with van der Waals surface area (Å²) in [5.41, 5.74) is 0.0793. The minimum atomic E-state index is -0.134. The molecule has 0 N–H and O–H groups in total. The van der Waals surface area contributed by atoms with E-state index in [0.717, 1.165) is 6.42 Å². The van der Waals surface area contributed by atoms with Crippen LogP contribution < -0.4 is 0 Å². The Balaban J connectivity index is 2.80. The van der Waals surface area contributed by atoms with Crippen molar-refractivity contribution >= 4 is 5.97 Å². The minimum Gasteiger partial charge on any atom is -0.469 e. The van der Waals surface area contributed by atoms with Gasteiger partial charge >= 0.3 is 5.97 Å². The number of carbonyl (C=O) groups is 1. The van der Waals surface area contributed by atoms with Gasteiger partial charge in [0.15, 0.2) is 0 Å². The number of hydrogen-bond acceptors (Lipinski definition) is 3. The summed E-state index contributed by atoms with van der Waals surface area (Å²) >= 11 is 0. The fourth-order valence-electron chi connectivity index (χ4n) is 2.27. The van der Waals surface area contributed by atoms with Gasteiger partial charge in [-0.1, -0.05) is 34.6 Å². The van der Waals surface area contributed by atoms with Gasteiger partial charge in [-0.3, -0.25) is 4.79 Å². The van der Waals surface area contributed by atoms with Crippen molar-refractivity contribution in [2.45, 2.75) is 53.2 Å². The zero-order valence-corrected chi connectivity index (χ0v) is 11.2. The molecule has 1 saturated heterocycles. The smallest absolute Gasteiger partial charge is 0.311 e. The summed E-state index contributed by atoms with van der Waals surface area (Å²) in [6.07, 6.45) is 0.916. The molecule has 0 aromatic heterocycles. The number of esters is 1. The van der Waals surface area contributed by atoms with Gasteiger partial charge in [0.05, 0.1) is 25.2 Å². The van der Waals surface area contributed by atoms with E-state index in [0.29, 0.717) is 5.92 Å². The van der Waals surface area contributed by atoms with Crippen LogP contribution in [0.4, 0.5) is 0 Å². The van der Waals surface area contributed by atoms with E-state index in [-0.39, 0.29) is 29.5 Å². The summed E-state index contributed by atoms with van der Waals surface area (Å²) in [6.45, 7) is 10.6. The highest BCUT2D eigenvalue weighted by Crippen LogP contribution is 2.39. The Bertz CT molecular complexity index is 252. The molecule has 0 saturated carbocycles. The summed E-state index contributed by atoms with van der Waals surface area (Å²) < 4.78 is 10.9. The van der Waals surface area contributed by atoms with Crippen molar-refractivity contribution < 1.29 is 14.3 Å². The highest BCUT2D eigenvalue weighted by Gasteiger charge is 2.45. The highest BCUT2D eigenvalue weighted by molar-refractivity contribution is 5.73. The molecule has 0 aromatic carbocycles. The van der Waals surface area contributed by atoms with Crippen molar-refractivity contribution in [2.75, 3.05) is 7.11 Å². The largest absolute Gasteiger partial charge is 0.469 e. The Hall–Kier alpha value is -0.570. The van der Waals surface area contributed by atoms with Gasteiger partial charge < -0.3 is 9.47 Å². The van der Waals surface area contributed by atoms with E-state index in [1.54, 1.807) is 0 Å². The summed E-state index contributed by atoms with van der Waals surface area (Å²) in [6, 6.07) is 0. The Kier molecular flexibility index (Phi) is 4.00. The molecule has 16 heavy (non-hydrogen) atoms. The number of carbonyl (C=O) groups excluding carboxylic acids is 1. The average molecular weight is 228 g/mol. The van der Waals surface area contributed by atoms with Crippen LogP contribution in [0.5, 0.6) is 0 Å². The molecule has 0 radical (unpaired) electrons. The second kappa shape index (κ2) is 4.74. The van der Waals surface area contributed by atoms with E-state index < -0.39 is 0 Å². The van der Waals surface area contributed by atoms with Gasteiger partial charge in [0.1, 0.15) is 0 Å². The van der Waals surface area contributed by atoms with Crippen LogP contribution in [-0.4, -0.2) is 25.3 Å². The van der Waals surface area contributed by atoms with Gasteiger partial charge in [-0.15, -0.1) is 0 Å². The number of rotatable bonds is 2. The lowest BCUT2D eigenvalue weighted by Gasteiger charge is -2.27. The van der Waals surface area contributed by atoms with Gasteiger partial charge in [-0.05, 0) is 17.8 Å². The maximum absolute atomic E-state index is 11.7. The average Bonchev–Trinajstić information content (AvgIpc) is 2.60. The first-order valence-electron chi connectivity index (χ1n) is 6.00. The first-order chi connectivity index (χ1) is 7.27. The third-order valence-electron chi connectivity index (χ3n) is 3.31. The summed E-state index contributed by atoms with van der Waals surface area (Å²) in [5, 5.41) is 0. The Morgan fingerprint density at radius 1 is 1.38 bits per heavy atom. The maximum atomic E-state index is 11.7. The molecule has 1 aliphatic heterocycles. The highest BCUT2D eigenvalue weighted by atomic mass is 16.5. The zero-order valence-electron chi connectivity index (χ0n) is 11.2. The van der Waals surface area contributed by atoms with E-state index in [2.05, 4.69) is 34.6 Å². The second-order valence-electron chi connectivity index (χ2n) is 6.06. The first-order valence-corrected chi connectivity index (χ1v) is 6.00. The molecule has 94 valence electrons. The van der Waals surface area contributed by atoms with Crippen molar-refractivity contribution in [3.05, 3.63) is 0 Å². The van der Waals surface area contributed by atoms with E-state index >= 15 is 0 Å². The predicted octanol–water partition coefficient (Wildman–Crippen LogP) is 2.64. The molecular weight excluding hydrogens is 204 g/mol. The van der Waals surface area contributed by atoms with Crippen LogP contribution in [0.3, 0.4) is 0 Å². The third kappa shape index (κ3) is 2.76. The van der Waals surface area contributed by atoms with Crippen molar-refractivity contribution in [1.29, 1.82) is 0 Å². The van der Waals surface area contributed by atoms with Crippen molar-refractivity contribution in [2.24, 2.45) is 17.3 Å². The zero-order chi connectivity index (χ0) is 12.5. The van der Waals surface area contributed by atoms with Crippen LogP contribution in [0.25, 0.3) is 0 Å². The summed E-state index contributed by atoms with van der Waals surface area (Å²) in [4.78, 5) is 11.7. The molecule has 0 aliphatic carbocycles. The van der Waals surface area contributed by atoms with Gasteiger partial charge in [0.2, 0.25) is 0 Å². The molecule has 1 rings (SSSR count). The fourth-order valence-corrected chi connectivity index (χ4v) is 2.27. The molecule has 0 spiro atoms. The Morgan fingerprint density at radius 3 is 2.31 bits per heavy atom. The van der Waals surface area contributed by atoms with Crippen LogP contribution >= 0.6 is 0 Å². The predicted molar refractivity (Wildman–Crippen MR) is 63.1 cm³/mol.